The average Bonchev–Trinajstić information content (AvgIpc) is 2.27. The first-order valence-electron chi connectivity index (χ1n) is 4.75. The van der Waals surface area contributed by atoms with Gasteiger partial charge >= 0.3 is 39.9 Å². The molecule has 0 aliphatic rings. The molecular weight excluding hydrogens is 281 g/mol. The van der Waals surface area contributed by atoms with Gasteiger partial charge in [-0.25, -0.2) is 0 Å². The molecule has 96 valence electrons. The van der Waals surface area contributed by atoms with E-state index < -0.39 is 10.3 Å². The number of nitrogens with one attached hydrogen (secondary N) is 1. The number of hydrogen-bond donors (Lipinski definition) is 2. The van der Waals surface area contributed by atoms with E-state index in [-0.39, 0.29) is 41.2 Å². The van der Waals surface area contributed by atoms with Gasteiger partial charge in [-0.15, -0.1) is 5.11 Å². The SMILES string of the molecule is C=C(C)C(=O)Nc1ccc(N=NS(=O)(=O)O)cc1.[Na+]. The number of benzene rings is 1. The van der Waals surface area contributed by atoms with Crippen molar-refractivity contribution in [2.75, 3.05) is 5.32 Å². The molecule has 0 heterocycles. The Kier molecular flexibility index (Phi) is 7.09. The maximum Gasteiger partial charge on any atom is 1.00 e. The molecule has 0 unspecified atom stereocenters. The van der Waals surface area contributed by atoms with Crippen molar-refractivity contribution in [3.8, 4) is 0 Å². The summed E-state index contributed by atoms with van der Waals surface area (Å²) in [4.78, 5) is 11.3. The summed E-state index contributed by atoms with van der Waals surface area (Å²) >= 11 is 0. The van der Waals surface area contributed by atoms with Gasteiger partial charge in [0.15, 0.2) is 0 Å². The van der Waals surface area contributed by atoms with Crippen LogP contribution in [0.2, 0.25) is 0 Å². The topological polar surface area (TPSA) is 108 Å². The van der Waals surface area contributed by atoms with E-state index in [1.807, 2.05) is 0 Å². The zero-order valence-corrected chi connectivity index (χ0v) is 13.3. The summed E-state index contributed by atoms with van der Waals surface area (Å²) in [5.41, 5.74) is 1.10. The Balaban J connectivity index is 0.00000324. The molecule has 9 heteroatoms. The van der Waals surface area contributed by atoms with Crippen LogP contribution in [0.4, 0.5) is 11.4 Å². The average molecular weight is 292 g/mol. The fraction of sp³-hybridized carbons (Fsp3) is 0.100. The molecule has 0 aromatic heterocycles. The summed E-state index contributed by atoms with van der Waals surface area (Å²) in [5.74, 6) is -0.317. The number of nitrogens with zero attached hydrogens (tertiary/aromatic N) is 2. The molecule has 0 saturated heterocycles. The Morgan fingerprint density at radius 2 is 1.84 bits per heavy atom. The normalized spacial score (nSPS) is 10.8. The van der Waals surface area contributed by atoms with Crippen LogP contribution in [0.1, 0.15) is 6.92 Å². The van der Waals surface area contributed by atoms with E-state index in [1.54, 1.807) is 6.92 Å². The number of carbonyl (C=O) groups is 1. The van der Waals surface area contributed by atoms with Crippen LogP contribution >= 0.6 is 0 Å². The molecule has 1 amide bonds. The molecule has 0 saturated carbocycles. The Morgan fingerprint density at radius 1 is 1.32 bits per heavy atom. The number of rotatable bonds is 4. The molecule has 0 aliphatic heterocycles. The first kappa shape index (κ1) is 17.9. The van der Waals surface area contributed by atoms with E-state index in [4.69, 9.17) is 4.55 Å². The summed E-state index contributed by atoms with van der Waals surface area (Å²) in [6, 6.07) is 5.89. The Hall–Kier alpha value is -1.06. The van der Waals surface area contributed by atoms with Crippen molar-refractivity contribution in [1.82, 2.24) is 0 Å². The predicted octanol–water partition coefficient (Wildman–Crippen LogP) is -0.908. The van der Waals surface area contributed by atoms with Gasteiger partial charge in [-0.3, -0.25) is 9.35 Å². The summed E-state index contributed by atoms with van der Waals surface area (Å²) in [7, 11) is -4.49. The zero-order chi connectivity index (χ0) is 13.8. The molecule has 1 rings (SSSR count). The van der Waals surface area contributed by atoms with E-state index in [0.717, 1.165) is 0 Å². The van der Waals surface area contributed by atoms with Gasteiger partial charge in [0, 0.05) is 11.3 Å². The first-order valence-corrected chi connectivity index (χ1v) is 6.15. The van der Waals surface area contributed by atoms with Crippen molar-refractivity contribution in [3.05, 3.63) is 36.4 Å². The molecular formula is C10H11N3NaO4S+. The van der Waals surface area contributed by atoms with Crippen molar-refractivity contribution in [2.45, 2.75) is 6.92 Å². The second kappa shape index (κ2) is 7.51. The van der Waals surface area contributed by atoms with Gasteiger partial charge in [-0.2, -0.15) is 8.42 Å². The summed E-state index contributed by atoms with van der Waals surface area (Å²) < 4.78 is 31.7. The van der Waals surface area contributed by atoms with Crippen LogP contribution in [0, 0.1) is 0 Å². The van der Waals surface area contributed by atoms with E-state index in [9.17, 15) is 13.2 Å². The van der Waals surface area contributed by atoms with E-state index >= 15 is 0 Å². The maximum absolute atomic E-state index is 11.3. The first-order chi connectivity index (χ1) is 8.28. The van der Waals surface area contributed by atoms with Gasteiger partial charge in [-0.1, -0.05) is 6.58 Å². The second-order valence-corrected chi connectivity index (χ2v) is 4.47. The minimum atomic E-state index is -4.49. The number of hydrogen-bond acceptors (Lipinski definition) is 4. The standard InChI is InChI=1S/C10H11N3O4S.Na/c1-7(2)10(14)11-8-3-5-9(6-4-8)12-13-18(15,16)17;/h3-6H,1H2,2H3,(H,11,14)(H,15,16,17);/q;+1. The molecule has 0 spiro atoms. The molecule has 2 N–H and O–H groups in total. The van der Waals surface area contributed by atoms with Crippen LogP contribution < -0.4 is 34.9 Å². The second-order valence-electron chi connectivity index (χ2n) is 3.41. The van der Waals surface area contributed by atoms with Crippen LogP contribution in [0.25, 0.3) is 0 Å². The van der Waals surface area contributed by atoms with Crippen molar-refractivity contribution < 1.29 is 47.3 Å². The van der Waals surface area contributed by atoms with Crippen molar-refractivity contribution in [3.63, 3.8) is 0 Å². The Bertz CT molecular complexity index is 596. The molecule has 1 aromatic carbocycles. The van der Waals surface area contributed by atoms with Crippen LogP contribution in [0.3, 0.4) is 0 Å². The van der Waals surface area contributed by atoms with Crippen LogP contribution in [0.15, 0.2) is 46.1 Å². The molecule has 0 atom stereocenters. The zero-order valence-electron chi connectivity index (χ0n) is 10.5. The quantitative estimate of drug-likeness (QED) is 0.324. The molecule has 19 heavy (non-hydrogen) atoms. The van der Waals surface area contributed by atoms with Crippen molar-refractivity contribution in [2.24, 2.45) is 9.63 Å². The van der Waals surface area contributed by atoms with E-state index in [0.29, 0.717) is 11.3 Å². The smallest absolute Gasteiger partial charge is 0.322 e. The summed E-state index contributed by atoms with van der Waals surface area (Å²) in [5, 5.41) is 5.85. The predicted molar refractivity (Wildman–Crippen MR) is 66.0 cm³/mol. The van der Waals surface area contributed by atoms with Crippen LogP contribution in [-0.4, -0.2) is 18.9 Å². The van der Waals surface area contributed by atoms with Gasteiger partial charge in [0.25, 0.3) is 5.91 Å². The molecule has 0 fully saturated rings. The molecule has 7 nitrogen and oxygen atoms in total. The fourth-order valence-electron chi connectivity index (χ4n) is 0.948. The Labute approximate surface area is 133 Å². The van der Waals surface area contributed by atoms with Crippen molar-refractivity contribution in [1.29, 1.82) is 0 Å². The largest absolute Gasteiger partial charge is 1.00 e. The Morgan fingerprint density at radius 3 is 2.26 bits per heavy atom. The van der Waals surface area contributed by atoms with Crippen molar-refractivity contribution >= 4 is 27.6 Å². The molecule has 0 aliphatic carbocycles. The van der Waals surface area contributed by atoms with Gasteiger partial charge < -0.3 is 5.32 Å². The third-order valence-corrected chi connectivity index (χ3v) is 2.06. The summed E-state index contributed by atoms with van der Waals surface area (Å²) in [6.45, 7) is 5.06. The van der Waals surface area contributed by atoms with E-state index in [1.165, 1.54) is 24.3 Å². The van der Waals surface area contributed by atoms with Gasteiger partial charge in [0.05, 0.1) is 5.69 Å². The summed E-state index contributed by atoms with van der Waals surface area (Å²) in [6.07, 6.45) is 0. The molecule has 0 radical (unpaired) electrons. The van der Waals surface area contributed by atoms with Gasteiger partial charge in [-0.05, 0) is 35.7 Å². The maximum atomic E-state index is 11.3. The minimum absolute atomic E-state index is 0. The fourth-order valence-corrected chi connectivity index (χ4v) is 1.15. The molecule has 0 bridgehead atoms. The number of carbonyl (C=O) groups excluding carboxylic acids is 1. The molecule has 1 aromatic rings. The van der Waals surface area contributed by atoms with Crippen LogP contribution in [-0.2, 0) is 15.1 Å². The third kappa shape index (κ3) is 7.19. The third-order valence-electron chi connectivity index (χ3n) is 1.77. The van der Waals surface area contributed by atoms with Gasteiger partial charge in [0.1, 0.15) is 0 Å². The van der Waals surface area contributed by atoms with Crippen LogP contribution in [0.5, 0.6) is 0 Å². The number of amides is 1. The minimum Gasteiger partial charge on any atom is -0.322 e. The number of anilines is 1. The monoisotopic (exact) mass is 292 g/mol. The van der Waals surface area contributed by atoms with Gasteiger partial charge in [0.2, 0.25) is 0 Å². The van der Waals surface area contributed by atoms with E-state index in [2.05, 4.69) is 21.5 Å².